The lowest BCUT2D eigenvalue weighted by atomic mass is 10.0. The van der Waals surface area contributed by atoms with Crippen molar-refractivity contribution in [3.8, 4) is 0 Å². The first-order valence-corrected chi connectivity index (χ1v) is 5.36. The Labute approximate surface area is 94.1 Å². The number of carboxylic acid groups (broad SMARTS) is 1. The molecule has 0 aliphatic rings. The van der Waals surface area contributed by atoms with Gasteiger partial charge in [0.25, 0.3) is 0 Å². The summed E-state index contributed by atoms with van der Waals surface area (Å²) in [6.07, 6.45) is 0. The van der Waals surface area contributed by atoms with Gasteiger partial charge in [0.05, 0.1) is 0 Å². The maximum absolute atomic E-state index is 11.0. The number of carbonyl (C=O) groups is 1. The van der Waals surface area contributed by atoms with E-state index in [1.54, 1.807) is 0 Å². The summed E-state index contributed by atoms with van der Waals surface area (Å²) in [4.78, 5) is 13.9. The van der Waals surface area contributed by atoms with Crippen LogP contribution in [0.25, 0.3) is 10.9 Å². The van der Waals surface area contributed by atoms with Crippen LogP contribution in [-0.4, -0.2) is 16.1 Å². The van der Waals surface area contributed by atoms with Gasteiger partial charge in [-0.1, -0.05) is 19.9 Å². The zero-order valence-corrected chi connectivity index (χ0v) is 9.66. The van der Waals surface area contributed by atoms with Crippen LogP contribution in [0.5, 0.6) is 0 Å². The van der Waals surface area contributed by atoms with Crippen molar-refractivity contribution in [2.45, 2.75) is 26.7 Å². The van der Waals surface area contributed by atoms with Crippen LogP contribution in [0.1, 0.15) is 41.4 Å². The second-order valence-corrected chi connectivity index (χ2v) is 4.39. The molecule has 0 spiro atoms. The normalized spacial score (nSPS) is 11.2. The molecule has 0 aliphatic carbocycles. The quantitative estimate of drug-likeness (QED) is 0.810. The smallest absolute Gasteiger partial charge is 0.352 e. The van der Waals surface area contributed by atoms with Crippen LogP contribution in [0.15, 0.2) is 18.2 Å². The first-order valence-electron chi connectivity index (χ1n) is 5.36. The summed E-state index contributed by atoms with van der Waals surface area (Å²) in [7, 11) is 0. The summed E-state index contributed by atoms with van der Waals surface area (Å²) in [6.45, 7) is 6.09. The van der Waals surface area contributed by atoms with E-state index in [2.05, 4.69) is 24.9 Å². The van der Waals surface area contributed by atoms with Gasteiger partial charge in [-0.15, -0.1) is 0 Å². The predicted molar refractivity (Wildman–Crippen MR) is 64.1 cm³/mol. The zero-order chi connectivity index (χ0) is 11.9. The van der Waals surface area contributed by atoms with Gasteiger partial charge in [0.2, 0.25) is 0 Å². The number of aromatic carboxylic acids is 1. The van der Waals surface area contributed by atoms with Crippen molar-refractivity contribution in [1.82, 2.24) is 4.98 Å². The van der Waals surface area contributed by atoms with Gasteiger partial charge in [0.15, 0.2) is 0 Å². The second-order valence-electron chi connectivity index (χ2n) is 4.39. The minimum absolute atomic E-state index is 0.288. The van der Waals surface area contributed by atoms with Gasteiger partial charge in [-0.05, 0) is 36.1 Å². The van der Waals surface area contributed by atoms with Crippen LogP contribution in [0.2, 0.25) is 0 Å². The molecule has 0 fully saturated rings. The summed E-state index contributed by atoms with van der Waals surface area (Å²) in [5, 5.41) is 10.0. The monoisotopic (exact) mass is 217 g/mol. The summed E-state index contributed by atoms with van der Waals surface area (Å²) in [5.74, 6) is -0.452. The Morgan fingerprint density at radius 3 is 2.62 bits per heavy atom. The van der Waals surface area contributed by atoms with E-state index in [0.717, 1.165) is 16.5 Å². The molecule has 2 aromatic rings. The van der Waals surface area contributed by atoms with Crippen molar-refractivity contribution in [2.75, 3.05) is 0 Å². The number of H-pyrrole nitrogens is 1. The molecule has 3 nitrogen and oxygen atoms in total. The predicted octanol–water partition coefficient (Wildman–Crippen LogP) is 3.30. The Morgan fingerprint density at radius 1 is 1.38 bits per heavy atom. The molecule has 2 N–H and O–H groups in total. The van der Waals surface area contributed by atoms with E-state index in [1.807, 2.05) is 19.1 Å². The zero-order valence-electron chi connectivity index (χ0n) is 9.66. The number of hydrogen-bond acceptors (Lipinski definition) is 1. The fourth-order valence-electron chi connectivity index (χ4n) is 1.92. The largest absolute Gasteiger partial charge is 0.477 e. The first-order chi connectivity index (χ1) is 7.50. The number of aromatic amines is 1. The summed E-state index contributed by atoms with van der Waals surface area (Å²) in [5.41, 5.74) is 3.21. The number of carboxylic acids is 1. The van der Waals surface area contributed by atoms with Gasteiger partial charge >= 0.3 is 5.97 Å². The Morgan fingerprint density at radius 2 is 2.06 bits per heavy atom. The van der Waals surface area contributed by atoms with E-state index < -0.39 is 5.97 Å². The lowest BCUT2D eigenvalue weighted by Crippen LogP contribution is -1.97. The first kappa shape index (κ1) is 10.7. The number of fused-ring (bicyclic) bond motifs is 1. The van der Waals surface area contributed by atoms with Crippen molar-refractivity contribution in [1.29, 1.82) is 0 Å². The van der Waals surface area contributed by atoms with E-state index in [1.165, 1.54) is 5.56 Å². The van der Waals surface area contributed by atoms with E-state index in [-0.39, 0.29) is 5.69 Å². The van der Waals surface area contributed by atoms with Crippen LogP contribution in [0, 0.1) is 6.92 Å². The molecular formula is C13H15NO2. The van der Waals surface area contributed by atoms with E-state index in [4.69, 9.17) is 5.11 Å². The molecule has 0 amide bonds. The van der Waals surface area contributed by atoms with Gasteiger partial charge < -0.3 is 10.1 Å². The molecule has 1 aromatic carbocycles. The molecule has 0 saturated heterocycles. The average Bonchev–Trinajstić information content (AvgIpc) is 2.56. The topological polar surface area (TPSA) is 53.1 Å². The molecule has 1 heterocycles. The Hall–Kier alpha value is -1.77. The van der Waals surface area contributed by atoms with Crippen LogP contribution < -0.4 is 0 Å². The van der Waals surface area contributed by atoms with Gasteiger partial charge in [-0.2, -0.15) is 0 Å². The van der Waals surface area contributed by atoms with Crippen molar-refractivity contribution in [2.24, 2.45) is 0 Å². The lowest BCUT2D eigenvalue weighted by molar-refractivity contribution is 0.0691. The van der Waals surface area contributed by atoms with Crippen molar-refractivity contribution in [3.63, 3.8) is 0 Å². The molecule has 2 rings (SSSR count). The molecule has 84 valence electrons. The van der Waals surface area contributed by atoms with Crippen LogP contribution >= 0.6 is 0 Å². The lowest BCUT2D eigenvalue weighted by Gasteiger charge is -2.04. The molecule has 0 bridgehead atoms. The van der Waals surface area contributed by atoms with Gasteiger partial charge in [-0.3, -0.25) is 0 Å². The number of hydrogen-bond donors (Lipinski definition) is 2. The highest BCUT2D eigenvalue weighted by Gasteiger charge is 2.13. The Kier molecular flexibility index (Phi) is 2.46. The molecule has 0 atom stereocenters. The summed E-state index contributed by atoms with van der Waals surface area (Å²) >= 11 is 0. The molecule has 3 heteroatoms. The molecular weight excluding hydrogens is 202 g/mol. The van der Waals surface area contributed by atoms with Crippen LogP contribution in [0.3, 0.4) is 0 Å². The standard InChI is InChI=1S/C13H15NO2/c1-7(2)9-4-5-11-10(6-9)8(3)12(14-11)13(15)16/h4-7,14H,1-3H3,(H,15,16). The molecule has 0 unspecified atom stereocenters. The second kappa shape index (κ2) is 3.67. The van der Waals surface area contributed by atoms with Crippen molar-refractivity contribution < 1.29 is 9.90 Å². The maximum Gasteiger partial charge on any atom is 0.352 e. The summed E-state index contributed by atoms with van der Waals surface area (Å²) in [6, 6.07) is 6.05. The number of aromatic nitrogens is 1. The number of nitrogens with one attached hydrogen (secondary N) is 1. The highest BCUT2D eigenvalue weighted by Crippen LogP contribution is 2.25. The van der Waals surface area contributed by atoms with E-state index in [9.17, 15) is 4.79 Å². The third-order valence-corrected chi connectivity index (χ3v) is 2.96. The average molecular weight is 217 g/mol. The fourth-order valence-corrected chi connectivity index (χ4v) is 1.92. The molecule has 0 saturated carbocycles. The van der Waals surface area contributed by atoms with Gasteiger partial charge in [0.1, 0.15) is 5.69 Å². The summed E-state index contributed by atoms with van der Waals surface area (Å²) < 4.78 is 0. The molecule has 1 aromatic heterocycles. The van der Waals surface area contributed by atoms with Gasteiger partial charge in [-0.25, -0.2) is 4.79 Å². The van der Waals surface area contributed by atoms with E-state index >= 15 is 0 Å². The number of aryl methyl sites for hydroxylation is 1. The number of rotatable bonds is 2. The highest BCUT2D eigenvalue weighted by molar-refractivity contribution is 5.97. The Balaban J connectivity index is 2.69. The molecule has 0 radical (unpaired) electrons. The number of benzene rings is 1. The van der Waals surface area contributed by atoms with Crippen molar-refractivity contribution >= 4 is 16.9 Å². The van der Waals surface area contributed by atoms with Crippen LogP contribution in [0.4, 0.5) is 0 Å². The minimum Gasteiger partial charge on any atom is -0.477 e. The minimum atomic E-state index is -0.903. The third kappa shape index (κ3) is 1.58. The Bertz CT molecular complexity index is 552. The van der Waals surface area contributed by atoms with E-state index in [0.29, 0.717) is 5.92 Å². The molecule has 16 heavy (non-hydrogen) atoms. The van der Waals surface area contributed by atoms with Gasteiger partial charge in [0, 0.05) is 10.9 Å². The fraction of sp³-hybridized carbons (Fsp3) is 0.308. The highest BCUT2D eigenvalue weighted by atomic mass is 16.4. The van der Waals surface area contributed by atoms with Crippen molar-refractivity contribution in [3.05, 3.63) is 35.0 Å². The van der Waals surface area contributed by atoms with Crippen LogP contribution in [-0.2, 0) is 0 Å². The third-order valence-electron chi connectivity index (χ3n) is 2.96. The SMILES string of the molecule is Cc1c(C(=O)O)[nH]c2ccc(C(C)C)cc12. The maximum atomic E-state index is 11.0. The molecule has 0 aliphatic heterocycles.